The molecule has 1 aromatic heterocycles. The standard InChI is InChI=1S/C20H18O2S/c1-15-12-17(22-14-16-6-3-2-4-7-16)9-10-19(15)20(21)13-18-8-5-11-23-18/h2-12H,13-14H2,1H3. The number of carbonyl (C=O) groups is 1. The van der Waals surface area contributed by atoms with Crippen LogP contribution in [-0.2, 0) is 13.0 Å². The van der Waals surface area contributed by atoms with Crippen LogP contribution in [0.3, 0.4) is 0 Å². The van der Waals surface area contributed by atoms with Gasteiger partial charge in [-0.15, -0.1) is 11.3 Å². The molecule has 0 amide bonds. The lowest BCUT2D eigenvalue weighted by Gasteiger charge is -2.10. The van der Waals surface area contributed by atoms with E-state index in [1.807, 2.05) is 73.0 Å². The summed E-state index contributed by atoms with van der Waals surface area (Å²) in [5.74, 6) is 0.943. The van der Waals surface area contributed by atoms with E-state index in [-0.39, 0.29) is 5.78 Å². The Morgan fingerprint density at radius 1 is 1.04 bits per heavy atom. The molecular formula is C20H18O2S. The van der Waals surface area contributed by atoms with E-state index < -0.39 is 0 Å². The summed E-state index contributed by atoms with van der Waals surface area (Å²) in [5.41, 5.74) is 2.85. The van der Waals surface area contributed by atoms with Crippen LogP contribution in [0, 0.1) is 6.92 Å². The van der Waals surface area contributed by atoms with Gasteiger partial charge in [0.25, 0.3) is 0 Å². The van der Waals surface area contributed by atoms with Gasteiger partial charge >= 0.3 is 0 Å². The molecule has 23 heavy (non-hydrogen) atoms. The highest BCUT2D eigenvalue weighted by Gasteiger charge is 2.11. The van der Waals surface area contributed by atoms with Gasteiger partial charge in [-0.3, -0.25) is 4.79 Å². The van der Waals surface area contributed by atoms with Crippen molar-refractivity contribution in [1.82, 2.24) is 0 Å². The summed E-state index contributed by atoms with van der Waals surface area (Å²) >= 11 is 1.62. The summed E-state index contributed by atoms with van der Waals surface area (Å²) in [4.78, 5) is 13.5. The van der Waals surface area contributed by atoms with E-state index in [9.17, 15) is 4.79 Å². The van der Waals surface area contributed by atoms with Crippen molar-refractivity contribution in [2.75, 3.05) is 0 Å². The highest BCUT2D eigenvalue weighted by molar-refractivity contribution is 7.10. The number of ether oxygens (including phenoxy) is 1. The van der Waals surface area contributed by atoms with Gasteiger partial charge in [-0.2, -0.15) is 0 Å². The van der Waals surface area contributed by atoms with Crippen molar-refractivity contribution in [3.05, 3.63) is 87.6 Å². The molecule has 0 fully saturated rings. The smallest absolute Gasteiger partial charge is 0.168 e. The molecular weight excluding hydrogens is 304 g/mol. The Labute approximate surface area is 140 Å². The third kappa shape index (κ3) is 4.08. The van der Waals surface area contributed by atoms with Gasteiger partial charge in [0.2, 0.25) is 0 Å². The lowest BCUT2D eigenvalue weighted by Crippen LogP contribution is -2.05. The van der Waals surface area contributed by atoms with Gasteiger partial charge in [-0.05, 0) is 47.7 Å². The summed E-state index contributed by atoms with van der Waals surface area (Å²) in [5, 5.41) is 2.00. The molecule has 0 atom stereocenters. The van der Waals surface area contributed by atoms with Crippen molar-refractivity contribution >= 4 is 17.1 Å². The average molecular weight is 322 g/mol. The summed E-state index contributed by atoms with van der Waals surface area (Å²) in [6.07, 6.45) is 0.461. The Morgan fingerprint density at radius 2 is 1.87 bits per heavy atom. The van der Waals surface area contributed by atoms with Gasteiger partial charge in [0, 0.05) is 16.9 Å². The largest absolute Gasteiger partial charge is 0.489 e. The second-order valence-corrected chi connectivity index (χ2v) is 6.46. The van der Waals surface area contributed by atoms with Crippen LogP contribution in [0.5, 0.6) is 5.75 Å². The van der Waals surface area contributed by atoms with Gasteiger partial charge < -0.3 is 4.74 Å². The topological polar surface area (TPSA) is 26.3 Å². The van der Waals surface area contributed by atoms with Crippen molar-refractivity contribution in [1.29, 1.82) is 0 Å². The molecule has 0 unspecified atom stereocenters. The molecule has 3 heteroatoms. The fourth-order valence-electron chi connectivity index (χ4n) is 2.45. The maximum atomic E-state index is 12.4. The second kappa shape index (κ2) is 7.25. The first-order chi connectivity index (χ1) is 11.2. The van der Waals surface area contributed by atoms with Gasteiger partial charge in [-0.1, -0.05) is 36.4 Å². The molecule has 0 aliphatic rings. The second-order valence-electron chi connectivity index (χ2n) is 5.43. The molecule has 3 aromatic rings. The fraction of sp³-hybridized carbons (Fsp3) is 0.150. The Bertz CT molecular complexity index is 777. The molecule has 3 rings (SSSR count). The quantitative estimate of drug-likeness (QED) is 0.593. The average Bonchev–Trinajstić information content (AvgIpc) is 3.07. The highest BCUT2D eigenvalue weighted by atomic mass is 32.1. The maximum Gasteiger partial charge on any atom is 0.168 e. The number of hydrogen-bond donors (Lipinski definition) is 0. The molecule has 2 aromatic carbocycles. The molecule has 0 bridgehead atoms. The number of rotatable bonds is 6. The fourth-order valence-corrected chi connectivity index (χ4v) is 3.15. The summed E-state index contributed by atoms with van der Waals surface area (Å²) < 4.78 is 5.80. The van der Waals surface area contributed by atoms with Crippen LogP contribution in [0.25, 0.3) is 0 Å². The first-order valence-electron chi connectivity index (χ1n) is 7.55. The summed E-state index contributed by atoms with van der Waals surface area (Å²) in [6, 6.07) is 19.7. The monoisotopic (exact) mass is 322 g/mol. The van der Waals surface area contributed by atoms with E-state index >= 15 is 0 Å². The molecule has 2 nitrogen and oxygen atoms in total. The Hall–Kier alpha value is -2.39. The van der Waals surface area contributed by atoms with Crippen LogP contribution in [-0.4, -0.2) is 5.78 Å². The molecule has 1 heterocycles. The summed E-state index contributed by atoms with van der Waals surface area (Å²) in [7, 11) is 0. The zero-order valence-corrected chi connectivity index (χ0v) is 13.8. The van der Waals surface area contributed by atoms with E-state index in [0.717, 1.165) is 27.3 Å². The first-order valence-corrected chi connectivity index (χ1v) is 8.43. The molecule has 0 saturated carbocycles. The summed E-state index contributed by atoms with van der Waals surface area (Å²) in [6.45, 7) is 2.49. The van der Waals surface area contributed by atoms with Crippen molar-refractivity contribution in [3.8, 4) is 5.75 Å². The van der Waals surface area contributed by atoms with Crippen molar-refractivity contribution in [2.45, 2.75) is 20.0 Å². The van der Waals surface area contributed by atoms with Crippen LogP contribution < -0.4 is 4.74 Å². The van der Waals surface area contributed by atoms with Gasteiger partial charge in [0.1, 0.15) is 12.4 Å². The lowest BCUT2D eigenvalue weighted by molar-refractivity contribution is 0.0993. The van der Waals surface area contributed by atoms with Crippen molar-refractivity contribution in [3.63, 3.8) is 0 Å². The normalized spacial score (nSPS) is 10.5. The Balaban J connectivity index is 1.66. The SMILES string of the molecule is Cc1cc(OCc2ccccc2)ccc1C(=O)Cc1cccs1. The third-order valence-electron chi connectivity index (χ3n) is 3.66. The molecule has 0 aliphatic heterocycles. The van der Waals surface area contributed by atoms with Crippen LogP contribution >= 0.6 is 11.3 Å². The van der Waals surface area contributed by atoms with Crippen LogP contribution in [0.4, 0.5) is 0 Å². The molecule has 0 spiro atoms. The molecule has 116 valence electrons. The van der Waals surface area contributed by atoms with E-state index in [1.54, 1.807) is 11.3 Å². The predicted molar refractivity (Wildman–Crippen MR) is 94.3 cm³/mol. The van der Waals surface area contributed by atoms with Crippen LogP contribution in [0.1, 0.15) is 26.4 Å². The van der Waals surface area contributed by atoms with E-state index in [2.05, 4.69) is 0 Å². The Kier molecular flexibility index (Phi) is 4.89. The van der Waals surface area contributed by atoms with Crippen molar-refractivity contribution < 1.29 is 9.53 Å². The zero-order valence-electron chi connectivity index (χ0n) is 13.0. The number of hydrogen-bond acceptors (Lipinski definition) is 3. The minimum Gasteiger partial charge on any atom is -0.489 e. The van der Waals surface area contributed by atoms with Gasteiger partial charge in [0.05, 0.1) is 0 Å². The zero-order chi connectivity index (χ0) is 16.1. The number of Topliss-reactive ketones (excluding diaryl/α,β-unsaturated/α-hetero) is 1. The van der Waals surface area contributed by atoms with E-state index in [0.29, 0.717) is 13.0 Å². The van der Waals surface area contributed by atoms with Gasteiger partial charge in [-0.25, -0.2) is 0 Å². The minimum absolute atomic E-state index is 0.152. The molecule has 0 N–H and O–H groups in total. The van der Waals surface area contributed by atoms with Gasteiger partial charge in [0.15, 0.2) is 5.78 Å². The number of carbonyl (C=O) groups excluding carboxylic acids is 1. The number of aryl methyl sites for hydroxylation is 1. The number of thiophene rings is 1. The Morgan fingerprint density at radius 3 is 2.57 bits per heavy atom. The first kappa shape index (κ1) is 15.5. The lowest BCUT2D eigenvalue weighted by atomic mass is 10.0. The van der Waals surface area contributed by atoms with E-state index in [4.69, 9.17) is 4.74 Å². The molecule has 0 aliphatic carbocycles. The number of ketones is 1. The molecule has 0 radical (unpaired) electrons. The van der Waals surface area contributed by atoms with Crippen LogP contribution in [0.15, 0.2) is 66.0 Å². The number of benzene rings is 2. The maximum absolute atomic E-state index is 12.4. The molecule has 0 saturated heterocycles. The van der Waals surface area contributed by atoms with Crippen molar-refractivity contribution in [2.24, 2.45) is 0 Å². The van der Waals surface area contributed by atoms with Crippen LogP contribution in [0.2, 0.25) is 0 Å². The third-order valence-corrected chi connectivity index (χ3v) is 4.54. The predicted octanol–water partition coefficient (Wildman–Crippen LogP) is 5.06. The minimum atomic E-state index is 0.152. The highest BCUT2D eigenvalue weighted by Crippen LogP contribution is 2.21. The van der Waals surface area contributed by atoms with E-state index in [1.165, 1.54) is 0 Å².